The Hall–Kier alpha value is -2.45. The summed E-state index contributed by atoms with van der Waals surface area (Å²) in [6.07, 6.45) is -1.44. The van der Waals surface area contributed by atoms with Gasteiger partial charge < -0.3 is 9.84 Å². The van der Waals surface area contributed by atoms with Gasteiger partial charge in [-0.05, 0) is 0 Å². The minimum absolute atomic E-state index is 0.746. The van der Waals surface area contributed by atoms with Crippen LogP contribution < -0.4 is 4.74 Å². The molecule has 0 aliphatic heterocycles. The summed E-state index contributed by atoms with van der Waals surface area (Å²) in [5.41, 5.74) is -1.67. The molecule has 0 bridgehead atoms. The van der Waals surface area contributed by atoms with Crippen LogP contribution >= 0.6 is 0 Å². The first-order chi connectivity index (χ1) is 9.22. The Morgan fingerprint density at radius 3 is 1.80 bits per heavy atom. The van der Waals surface area contributed by atoms with Crippen molar-refractivity contribution in [1.29, 1.82) is 0 Å². The number of benzene rings is 1. The number of carbonyl (C=O) groups is 3. The van der Waals surface area contributed by atoms with Gasteiger partial charge in [-0.3, -0.25) is 9.59 Å². The number of Topliss-reactive ketones (excluding diaryl/α,β-unsaturated/α-hetero) is 2. The monoisotopic (exact) mass is 294 g/mol. The van der Waals surface area contributed by atoms with Crippen molar-refractivity contribution >= 4 is 17.5 Å². The van der Waals surface area contributed by atoms with Crippen molar-refractivity contribution in [2.45, 2.75) is 6.42 Å². The van der Waals surface area contributed by atoms with Crippen LogP contribution in [0.3, 0.4) is 0 Å². The summed E-state index contributed by atoms with van der Waals surface area (Å²) in [7, 11) is 0.746. The number of carbonyl (C=O) groups excluding carboxylic acids is 2. The lowest BCUT2D eigenvalue weighted by atomic mass is 10.0. The summed E-state index contributed by atoms with van der Waals surface area (Å²) in [4.78, 5) is 32.3. The Balaban J connectivity index is 3.36. The van der Waals surface area contributed by atoms with Crippen LogP contribution in [0.1, 0.15) is 16.8 Å². The van der Waals surface area contributed by atoms with Crippen LogP contribution in [0.4, 0.5) is 17.6 Å². The van der Waals surface area contributed by atoms with Gasteiger partial charge in [-0.2, -0.15) is 8.78 Å². The third kappa shape index (κ3) is 2.60. The van der Waals surface area contributed by atoms with Gasteiger partial charge in [0.05, 0.1) is 19.1 Å². The normalized spacial score (nSPS) is 10.2. The molecule has 1 N–H and O–H groups in total. The van der Waals surface area contributed by atoms with E-state index in [4.69, 9.17) is 5.11 Å². The highest BCUT2D eigenvalue weighted by Crippen LogP contribution is 2.30. The molecule has 0 aromatic heterocycles. The van der Waals surface area contributed by atoms with E-state index in [1.165, 1.54) is 0 Å². The lowest BCUT2D eigenvalue weighted by Crippen LogP contribution is -2.20. The number of rotatable bonds is 5. The van der Waals surface area contributed by atoms with E-state index in [9.17, 15) is 31.9 Å². The SMILES string of the molecule is COc1c(F)c(F)c(C(=O)CC(=O)C(=O)O)c(F)c1F. The second-order valence-corrected chi connectivity index (χ2v) is 3.49. The summed E-state index contributed by atoms with van der Waals surface area (Å²) in [6, 6.07) is 0. The number of ether oxygens (including phenoxy) is 1. The molecule has 0 spiro atoms. The fourth-order valence-corrected chi connectivity index (χ4v) is 1.35. The molecule has 0 fully saturated rings. The van der Waals surface area contributed by atoms with Gasteiger partial charge in [0.1, 0.15) is 0 Å². The summed E-state index contributed by atoms with van der Waals surface area (Å²) in [5.74, 6) is -14.8. The molecule has 0 amide bonds. The van der Waals surface area contributed by atoms with Crippen molar-refractivity contribution < 1.29 is 41.8 Å². The lowest BCUT2D eigenvalue weighted by molar-refractivity contribution is -0.148. The van der Waals surface area contributed by atoms with Crippen molar-refractivity contribution in [2.75, 3.05) is 7.11 Å². The molecule has 0 heterocycles. The van der Waals surface area contributed by atoms with Crippen LogP contribution in [0.5, 0.6) is 5.75 Å². The minimum Gasteiger partial charge on any atom is -0.491 e. The average molecular weight is 294 g/mol. The molecule has 20 heavy (non-hydrogen) atoms. The minimum atomic E-state index is -2.07. The number of ketones is 2. The topological polar surface area (TPSA) is 80.7 Å². The summed E-state index contributed by atoms with van der Waals surface area (Å²) in [5, 5.41) is 8.25. The van der Waals surface area contributed by atoms with Crippen molar-refractivity contribution in [3.63, 3.8) is 0 Å². The number of hydrogen-bond acceptors (Lipinski definition) is 4. The summed E-state index contributed by atoms with van der Waals surface area (Å²) >= 11 is 0. The average Bonchev–Trinajstić information content (AvgIpc) is 2.37. The second-order valence-electron chi connectivity index (χ2n) is 3.49. The number of hydrogen-bond donors (Lipinski definition) is 1. The molecule has 1 rings (SSSR count). The Kier molecular flexibility index (Phi) is 4.43. The molecule has 5 nitrogen and oxygen atoms in total. The highest BCUT2D eigenvalue weighted by Gasteiger charge is 2.31. The third-order valence-electron chi connectivity index (χ3n) is 2.27. The van der Waals surface area contributed by atoms with E-state index < -0.39 is 58.5 Å². The predicted molar refractivity (Wildman–Crippen MR) is 54.4 cm³/mol. The first kappa shape index (κ1) is 15.6. The molecular formula is C11H6F4O5. The highest BCUT2D eigenvalue weighted by molar-refractivity contribution is 6.37. The van der Waals surface area contributed by atoms with E-state index in [1.54, 1.807) is 0 Å². The van der Waals surface area contributed by atoms with Gasteiger partial charge in [0.15, 0.2) is 23.2 Å². The Labute approximate surface area is 108 Å². The first-order valence-corrected chi connectivity index (χ1v) is 4.91. The van der Waals surface area contributed by atoms with Gasteiger partial charge >= 0.3 is 5.97 Å². The standard InChI is InChI=1S/C11H6F4O5/c1-20-10-8(14)6(12)5(7(13)9(10)15)3(16)2-4(17)11(18)19/h2H2,1H3,(H,18,19). The first-order valence-electron chi connectivity index (χ1n) is 4.91. The van der Waals surface area contributed by atoms with Crippen LogP contribution in [-0.2, 0) is 9.59 Å². The molecule has 0 atom stereocenters. The Bertz CT molecular complexity index is 582. The zero-order valence-corrected chi connectivity index (χ0v) is 9.80. The molecule has 108 valence electrons. The molecule has 1 aromatic carbocycles. The maximum Gasteiger partial charge on any atom is 0.372 e. The van der Waals surface area contributed by atoms with Gasteiger partial charge in [-0.1, -0.05) is 0 Å². The molecule has 0 aliphatic carbocycles. The summed E-state index contributed by atoms with van der Waals surface area (Å²) < 4.78 is 57.6. The molecule has 0 unspecified atom stereocenters. The molecule has 9 heteroatoms. The number of carboxylic acids is 1. The van der Waals surface area contributed by atoms with E-state index in [2.05, 4.69) is 4.74 Å². The van der Waals surface area contributed by atoms with Gasteiger partial charge in [0, 0.05) is 0 Å². The fourth-order valence-electron chi connectivity index (χ4n) is 1.35. The van der Waals surface area contributed by atoms with Crippen LogP contribution in [0.15, 0.2) is 0 Å². The fraction of sp³-hybridized carbons (Fsp3) is 0.182. The van der Waals surface area contributed by atoms with Gasteiger partial charge in [0.2, 0.25) is 17.4 Å². The third-order valence-corrected chi connectivity index (χ3v) is 2.27. The van der Waals surface area contributed by atoms with Crippen molar-refractivity contribution in [3.8, 4) is 5.75 Å². The van der Waals surface area contributed by atoms with Crippen LogP contribution in [0, 0.1) is 23.3 Å². The molecule has 0 saturated heterocycles. The molecule has 0 radical (unpaired) electrons. The highest BCUT2D eigenvalue weighted by atomic mass is 19.2. The second kappa shape index (κ2) is 5.68. The van der Waals surface area contributed by atoms with Crippen LogP contribution in [-0.4, -0.2) is 29.8 Å². The van der Waals surface area contributed by atoms with Gasteiger partial charge in [-0.25, -0.2) is 13.6 Å². The Morgan fingerprint density at radius 1 is 1.00 bits per heavy atom. The van der Waals surface area contributed by atoms with Crippen molar-refractivity contribution in [1.82, 2.24) is 0 Å². The molecule has 0 saturated carbocycles. The predicted octanol–water partition coefficient (Wildman–Crippen LogP) is 1.48. The van der Waals surface area contributed by atoms with Crippen molar-refractivity contribution in [3.05, 3.63) is 28.8 Å². The van der Waals surface area contributed by atoms with E-state index in [1.807, 2.05) is 0 Å². The van der Waals surface area contributed by atoms with Gasteiger partial charge in [-0.15, -0.1) is 0 Å². The van der Waals surface area contributed by atoms with E-state index in [0.29, 0.717) is 0 Å². The number of methoxy groups -OCH3 is 1. The summed E-state index contributed by atoms with van der Waals surface area (Å²) in [6.45, 7) is 0. The van der Waals surface area contributed by atoms with E-state index >= 15 is 0 Å². The van der Waals surface area contributed by atoms with Crippen LogP contribution in [0.25, 0.3) is 0 Å². The maximum absolute atomic E-state index is 13.5. The molecule has 1 aromatic rings. The largest absolute Gasteiger partial charge is 0.491 e. The van der Waals surface area contributed by atoms with Crippen LogP contribution in [0.2, 0.25) is 0 Å². The Morgan fingerprint density at radius 2 is 1.45 bits per heavy atom. The quantitative estimate of drug-likeness (QED) is 0.292. The molecular weight excluding hydrogens is 288 g/mol. The van der Waals surface area contributed by atoms with E-state index in [-0.39, 0.29) is 0 Å². The zero-order valence-electron chi connectivity index (χ0n) is 9.80. The molecule has 0 aliphatic rings. The van der Waals surface area contributed by atoms with E-state index in [0.717, 1.165) is 7.11 Å². The zero-order chi connectivity index (χ0) is 15.6. The number of carboxylic acid groups (broad SMARTS) is 1. The lowest BCUT2D eigenvalue weighted by Gasteiger charge is -2.09. The number of aliphatic carboxylic acids is 1. The maximum atomic E-state index is 13.5. The number of halogens is 4. The smallest absolute Gasteiger partial charge is 0.372 e. The van der Waals surface area contributed by atoms with Crippen molar-refractivity contribution in [2.24, 2.45) is 0 Å². The van der Waals surface area contributed by atoms with Gasteiger partial charge in [0.25, 0.3) is 0 Å².